The maximum absolute atomic E-state index is 5.98. The van der Waals surface area contributed by atoms with Crippen molar-refractivity contribution < 1.29 is 0 Å². The van der Waals surface area contributed by atoms with Crippen molar-refractivity contribution >= 4 is 11.6 Å². The number of hydrogen-bond donors (Lipinski definition) is 1. The van der Waals surface area contributed by atoms with E-state index in [0.717, 1.165) is 5.02 Å². The van der Waals surface area contributed by atoms with Crippen LogP contribution in [0.25, 0.3) is 0 Å². The normalized spacial score (nSPS) is 24.0. The Balaban J connectivity index is 1.86. The number of benzene rings is 1. The number of nitrogens with one attached hydrogen (secondary N) is 1. The van der Waals surface area contributed by atoms with E-state index in [-0.39, 0.29) is 6.04 Å². The van der Waals surface area contributed by atoms with Gasteiger partial charge in [-0.25, -0.2) is 4.98 Å². The van der Waals surface area contributed by atoms with Crippen LogP contribution in [0.4, 0.5) is 0 Å². The van der Waals surface area contributed by atoms with Gasteiger partial charge in [0.05, 0.1) is 18.1 Å². The number of hydrogen-bond acceptors (Lipinski definition) is 2. The fraction of sp³-hybridized carbons (Fsp3) is 0.471. The van der Waals surface area contributed by atoms with Crippen molar-refractivity contribution in [3.8, 4) is 0 Å². The van der Waals surface area contributed by atoms with Crippen LogP contribution < -0.4 is 5.32 Å². The van der Waals surface area contributed by atoms with E-state index in [1.165, 1.54) is 30.5 Å². The van der Waals surface area contributed by atoms with Crippen molar-refractivity contribution in [3.63, 3.8) is 0 Å². The van der Waals surface area contributed by atoms with Crippen LogP contribution in [-0.2, 0) is 0 Å². The second-order valence-corrected chi connectivity index (χ2v) is 6.44. The van der Waals surface area contributed by atoms with Gasteiger partial charge in [-0.3, -0.25) is 0 Å². The zero-order valence-electron chi connectivity index (χ0n) is 12.6. The Morgan fingerprint density at radius 1 is 1.29 bits per heavy atom. The molecule has 1 aliphatic rings. The molecule has 4 heteroatoms. The summed E-state index contributed by atoms with van der Waals surface area (Å²) in [5, 5.41) is 4.47. The highest BCUT2D eigenvalue weighted by Crippen LogP contribution is 2.29. The van der Waals surface area contributed by atoms with Gasteiger partial charge in [0.1, 0.15) is 0 Å². The summed E-state index contributed by atoms with van der Waals surface area (Å²) in [6.07, 6.45) is 7.66. The molecule has 0 bridgehead atoms. The van der Waals surface area contributed by atoms with E-state index in [1.54, 1.807) is 0 Å². The third kappa shape index (κ3) is 3.14. The van der Waals surface area contributed by atoms with Gasteiger partial charge in [0.15, 0.2) is 0 Å². The summed E-state index contributed by atoms with van der Waals surface area (Å²) in [6, 6.07) is 9.33. The Kier molecular flexibility index (Phi) is 4.32. The van der Waals surface area contributed by atoms with E-state index in [4.69, 9.17) is 11.6 Å². The molecule has 3 nitrogen and oxygen atoms in total. The Hall–Kier alpha value is -1.32. The highest BCUT2D eigenvalue weighted by atomic mass is 35.5. The van der Waals surface area contributed by atoms with E-state index in [2.05, 4.69) is 40.8 Å². The van der Waals surface area contributed by atoms with Crippen LogP contribution in [0.5, 0.6) is 0 Å². The highest BCUT2D eigenvalue weighted by molar-refractivity contribution is 6.30. The molecule has 0 saturated carbocycles. The molecule has 3 rings (SSSR count). The molecule has 0 amide bonds. The van der Waals surface area contributed by atoms with Crippen LogP contribution in [-0.4, -0.2) is 15.6 Å². The molecule has 1 aliphatic heterocycles. The van der Waals surface area contributed by atoms with E-state index in [1.807, 2.05) is 24.7 Å². The number of rotatable bonds is 3. The topological polar surface area (TPSA) is 29.9 Å². The molecule has 2 heterocycles. The Morgan fingerprint density at radius 3 is 2.76 bits per heavy atom. The quantitative estimate of drug-likeness (QED) is 0.913. The maximum atomic E-state index is 5.98. The van der Waals surface area contributed by atoms with Crippen LogP contribution in [0.3, 0.4) is 0 Å². The van der Waals surface area contributed by atoms with Crippen LogP contribution >= 0.6 is 11.6 Å². The molecular formula is C17H22ClN3. The predicted molar refractivity (Wildman–Crippen MR) is 86.7 cm³/mol. The zero-order valence-corrected chi connectivity index (χ0v) is 13.3. The van der Waals surface area contributed by atoms with Crippen molar-refractivity contribution in [3.05, 3.63) is 53.1 Å². The van der Waals surface area contributed by atoms with Gasteiger partial charge in [0.25, 0.3) is 0 Å². The second kappa shape index (κ2) is 6.20. The van der Waals surface area contributed by atoms with E-state index < -0.39 is 0 Å². The molecule has 21 heavy (non-hydrogen) atoms. The molecule has 112 valence electrons. The summed E-state index contributed by atoms with van der Waals surface area (Å²) in [5.41, 5.74) is 2.53. The van der Waals surface area contributed by atoms with Crippen molar-refractivity contribution in [1.82, 2.24) is 14.9 Å². The maximum Gasteiger partial charge on any atom is 0.0954 e. The summed E-state index contributed by atoms with van der Waals surface area (Å²) in [5.74, 6) is 0. The Bertz CT molecular complexity index is 590. The molecule has 3 unspecified atom stereocenters. The van der Waals surface area contributed by atoms with Gasteiger partial charge < -0.3 is 9.88 Å². The Labute approximate surface area is 131 Å². The lowest BCUT2D eigenvalue weighted by atomic mass is 9.97. The molecule has 3 atom stereocenters. The van der Waals surface area contributed by atoms with Gasteiger partial charge in [-0.05, 0) is 50.8 Å². The van der Waals surface area contributed by atoms with Gasteiger partial charge >= 0.3 is 0 Å². The van der Waals surface area contributed by atoms with Crippen molar-refractivity contribution in [2.24, 2.45) is 0 Å². The molecule has 1 saturated heterocycles. The lowest BCUT2D eigenvalue weighted by Crippen LogP contribution is -2.35. The molecule has 1 N–H and O–H groups in total. The Morgan fingerprint density at radius 2 is 2.05 bits per heavy atom. The second-order valence-electron chi connectivity index (χ2n) is 6.00. The predicted octanol–water partition coefficient (Wildman–Crippen LogP) is 4.35. The van der Waals surface area contributed by atoms with Gasteiger partial charge in [0.2, 0.25) is 0 Å². The lowest BCUT2D eigenvalue weighted by Gasteiger charge is -2.30. The van der Waals surface area contributed by atoms with Crippen LogP contribution in [0.1, 0.15) is 56.5 Å². The zero-order chi connectivity index (χ0) is 14.8. The monoisotopic (exact) mass is 303 g/mol. The SMILES string of the molecule is CC1CCCC(c2cncn2C(C)c2ccc(Cl)cc2)N1. The minimum absolute atomic E-state index is 0.263. The average molecular weight is 304 g/mol. The fourth-order valence-electron chi connectivity index (χ4n) is 3.18. The molecule has 1 aromatic carbocycles. The summed E-state index contributed by atoms with van der Waals surface area (Å²) in [6.45, 7) is 4.47. The lowest BCUT2D eigenvalue weighted by molar-refractivity contribution is 0.327. The first kappa shape index (κ1) is 14.6. The van der Waals surface area contributed by atoms with Gasteiger partial charge in [0, 0.05) is 23.3 Å². The first-order valence-electron chi connectivity index (χ1n) is 7.68. The van der Waals surface area contributed by atoms with Crippen molar-refractivity contribution in [1.29, 1.82) is 0 Å². The summed E-state index contributed by atoms with van der Waals surface area (Å²) >= 11 is 5.98. The fourth-order valence-corrected chi connectivity index (χ4v) is 3.31. The van der Waals surface area contributed by atoms with Crippen LogP contribution in [0, 0.1) is 0 Å². The summed E-state index contributed by atoms with van der Waals surface area (Å²) < 4.78 is 2.28. The standard InChI is InChI=1S/C17H22ClN3/c1-12-4-3-5-16(20-12)17-10-19-11-21(17)13(2)14-6-8-15(18)9-7-14/h6-13,16,20H,3-5H2,1-2H3. The molecule has 0 aliphatic carbocycles. The number of aromatic nitrogens is 2. The van der Waals surface area contributed by atoms with Gasteiger partial charge in [-0.2, -0.15) is 0 Å². The molecule has 1 fully saturated rings. The number of nitrogens with zero attached hydrogens (tertiary/aromatic N) is 2. The van der Waals surface area contributed by atoms with Crippen molar-refractivity contribution in [2.75, 3.05) is 0 Å². The highest BCUT2D eigenvalue weighted by Gasteiger charge is 2.23. The number of piperidine rings is 1. The summed E-state index contributed by atoms with van der Waals surface area (Å²) in [7, 11) is 0. The minimum atomic E-state index is 0.263. The third-order valence-electron chi connectivity index (χ3n) is 4.44. The largest absolute Gasteiger partial charge is 0.326 e. The first-order chi connectivity index (χ1) is 10.1. The van der Waals surface area contributed by atoms with E-state index >= 15 is 0 Å². The van der Waals surface area contributed by atoms with E-state index in [0.29, 0.717) is 12.1 Å². The van der Waals surface area contributed by atoms with Crippen LogP contribution in [0.2, 0.25) is 5.02 Å². The van der Waals surface area contributed by atoms with Crippen molar-refractivity contribution in [2.45, 2.75) is 51.2 Å². The molecule has 0 spiro atoms. The summed E-state index contributed by atoms with van der Waals surface area (Å²) in [4.78, 5) is 4.38. The third-order valence-corrected chi connectivity index (χ3v) is 4.69. The van der Waals surface area contributed by atoms with E-state index in [9.17, 15) is 0 Å². The minimum Gasteiger partial charge on any atom is -0.326 e. The molecule has 0 radical (unpaired) electrons. The van der Waals surface area contributed by atoms with Gasteiger partial charge in [-0.1, -0.05) is 23.7 Å². The smallest absolute Gasteiger partial charge is 0.0954 e. The first-order valence-corrected chi connectivity index (χ1v) is 8.06. The molecule has 1 aromatic heterocycles. The number of halogens is 1. The molecular weight excluding hydrogens is 282 g/mol. The molecule has 2 aromatic rings. The van der Waals surface area contributed by atoms with Crippen LogP contribution in [0.15, 0.2) is 36.8 Å². The average Bonchev–Trinajstić information content (AvgIpc) is 2.97. The number of imidazole rings is 1. The van der Waals surface area contributed by atoms with Gasteiger partial charge in [-0.15, -0.1) is 0 Å².